The lowest BCUT2D eigenvalue weighted by Crippen LogP contribution is -2.31. The molecule has 6 heteroatoms. The van der Waals surface area contributed by atoms with Gasteiger partial charge in [0.1, 0.15) is 11.9 Å². The first kappa shape index (κ1) is 13.2. The van der Waals surface area contributed by atoms with Gasteiger partial charge in [-0.2, -0.15) is 9.98 Å². The molecule has 0 radical (unpaired) electrons. The first-order valence-corrected chi connectivity index (χ1v) is 6.07. The number of rotatable bonds is 3. The number of nitriles is 1. The highest BCUT2D eigenvalue weighted by Gasteiger charge is 2.17. The molecule has 1 atom stereocenters. The standard InChI is InChI=1S/C11H9FN2O2S/c1-3-8(2)14-17(15,16)10-4-5-11(12)9(6-10)7-13/h1,4-6,8,14H,2H3. The van der Waals surface area contributed by atoms with Crippen molar-refractivity contribution >= 4 is 10.0 Å². The molecule has 0 aliphatic carbocycles. The summed E-state index contributed by atoms with van der Waals surface area (Å²) in [7, 11) is -3.83. The van der Waals surface area contributed by atoms with E-state index in [0.717, 1.165) is 18.2 Å². The third-order valence-electron chi connectivity index (χ3n) is 1.95. The fourth-order valence-electron chi connectivity index (χ4n) is 1.09. The maximum atomic E-state index is 13.0. The summed E-state index contributed by atoms with van der Waals surface area (Å²) in [5.74, 6) is 1.43. The number of halogens is 1. The number of terminal acetylenes is 1. The molecule has 17 heavy (non-hydrogen) atoms. The Morgan fingerprint density at radius 1 is 1.53 bits per heavy atom. The minimum Gasteiger partial charge on any atom is -0.207 e. The molecule has 0 spiro atoms. The van der Waals surface area contributed by atoms with Gasteiger partial charge in [0.2, 0.25) is 10.0 Å². The van der Waals surface area contributed by atoms with Crippen LogP contribution in [0, 0.1) is 29.5 Å². The van der Waals surface area contributed by atoms with Gasteiger partial charge in [0.15, 0.2) is 0 Å². The lowest BCUT2D eigenvalue weighted by atomic mass is 10.2. The van der Waals surface area contributed by atoms with E-state index in [1.54, 1.807) is 6.07 Å². The number of hydrogen-bond acceptors (Lipinski definition) is 3. The molecule has 4 nitrogen and oxygen atoms in total. The zero-order valence-corrected chi connectivity index (χ0v) is 9.75. The molecule has 1 aromatic carbocycles. The van der Waals surface area contributed by atoms with Crippen molar-refractivity contribution in [3.8, 4) is 18.4 Å². The Bertz CT molecular complexity index is 611. The van der Waals surface area contributed by atoms with Gasteiger partial charge in [0.05, 0.1) is 16.5 Å². The average Bonchev–Trinajstić information content (AvgIpc) is 2.28. The van der Waals surface area contributed by atoms with Crippen LogP contribution in [0.4, 0.5) is 4.39 Å². The van der Waals surface area contributed by atoms with E-state index in [0.29, 0.717) is 0 Å². The van der Waals surface area contributed by atoms with Crippen molar-refractivity contribution in [2.45, 2.75) is 17.9 Å². The summed E-state index contributed by atoms with van der Waals surface area (Å²) in [5.41, 5.74) is -0.332. The first-order valence-electron chi connectivity index (χ1n) is 4.59. The molecule has 0 aliphatic heterocycles. The van der Waals surface area contributed by atoms with Crippen LogP contribution >= 0.6 is 0 Å². The first-order chi connectivity index (χ1) is 7.90. The number of benzene rings is 1. The Balaban J connectivity index is 3.18. The van der Waals surface area contributed by atoms with E-state index in [-0.39, 0.29) is 10.5 Å². The molecule has 0 saturated carbocycles. The highest BCUT2D eigenvalue weighted by molar-refractivity contribution is 7.89. The van der Waals surface area contributed by atoms with Crippen molar-refractivity contribution in [1.29, 1.82) is 5.26 Å². The molecule has 1 aromatic rings. The smallest absolute Gasteiger partial charge is 0.207 e. The summed E-state index contributed by atoms with van der Waals surface area (Å²) in [5, 5.41) is 8.60. The third kappa shape index (κ3) is 3.04. The van der Waals surface area contributed by atoms with E-state index in [9.17, 15) is 12.8 Å². The van der Waals surface area contributed by atoms with Crippen molar-refractivity contribution in [3.05, 3.63) is 29.6 Å². The van der Waals surface area contributed by atoms with Crippen molar-refractivity contribution in [2.24, 2.45) is 0 Å². The molecule has 1 N–H and O–H groups in total. The monoisotopic (exact) mass is 252 g/mol. The van der Waals surface area contributed by atoms with Crippen LogP contribution in [0.1, 0.15) is 12.5 Å². The van der Waals surface area contributed by atoms with Crippen molar-refractivity contribution in [1.82, 2.24) is 4.72 Å². The van der Waals surface area contributed by atoms with Gasteiger partial charge < -0.3 is 0 Å². The second-order valence-corrected chi connectivity index (χ2v) is 4.98. The summed E-state index contributed by atoms with van der Waals surface area (Å²) in [6.45, 7) is 1.49. The molecule has 0 amide bonds. The van der Waals surface area contributed by atoms with Crippen molar-refractivity contribution in [3.63, 3.8) is 0 Å². The van der Waals surface area contributed by atoms with E-state index in [2.05, 4.69) is 10.6 Å². The maximum absolute atomic E-state index is 13.0. The van der Waals surface area contributed by atoms with Crippen LogP contribution in [0.3, 0.4) is 0 Å². The molecule has 0 fully saturated rings. The van der Waals surface area contributed by atoms with E-state index in [1.165, 1.54) is 6.92 Å². The molecule has 0 bridgehead atoms. The minimum atomic E-state index is -3.83. The predicted molar refractivity (Wildman–Crippen MR) is 59.7 cm³/mol. The van der Waals surface area contributed by atoms with Gasteiger partial charge in [-0.05, 0) is 25.1 Å². The Morgan fingerprint density at radius 3 is 2.71 bits per heavy atom. The second kappa shape index (κ2) is 4.96. The fourth-order valence-corrected chi connectivity index (χ4v) is 2.28. The zero-order chi connectivity index (χ0) is 13.1. The summed E-state index contributed by atoms with van der Waals surface area (Å²) in [6, 6.07) is 3.84. The highest BCUT2D eigenvalue weighted by Crippen LogP contribution is 2.14. The summed E-state index contributed by atoms with van der Waals surface area (Å²) in [6.07, 6.45) is 5.05. The maximum Gasteiger partial charge on any atom is 0.241 e. The van der Waals surface area contributed by atoms with Crippen molar-refractivity contribution in [2.75, 3.05) is 0 Å². The number of hydrogen-bond donors (Lipinski definition) is 1. The van der Waals surface area contributed by atoms with Gasteiger partial charge in [-0.3, -0.25) is 0 Å². The third-order valence-corrected chi connectivity index (χ3v) is 3.49. The van der Waals surface area contributed by atoms with E-state index >= 15 is 0 Å². The average molecular weight is 252 g/mol. The largest absolute Gasteiger partial charge is 0.241 e. The molecular weight excluding hydrogens is 243 g/mol. The quantitative estimate of drug-likeness (QED) is 0.816. The van der Waals surface area contributed by atoms with Crippen LogP contribution in [0.2, 0.25) is 0 Å². The highest BCUT2D eigenvalue weighted by atomic mass is 32.2. The van der Waals surface area contributed by atoms with Crippen LogP contribution in [0.5, 0.6) is 0 Å². The van der Waals surface area contributed by atoms with Gasteiger partial charge in [-0.15, -0.1) is 6.42 Å². The molecule has 0 aromatic heterocycles. The molecule has 1 rings (SSSR count). The van der Waals surface area contributed by atoms with Gasteiger partial charge in [0, 0.05) is 0 Å². The van der Waals surface area contributed by atoms with Crippen LogP contribution in [0.25, 0.3) is 0 Å². The number of nitrogens with zero attached hydrogens (tertiary/aromatic N) is 1. The topological polar surface area (TPSA) is 70.0 Å². The van der Waals surface area contributed by atoms with Gasteiger partial charge >= 0.3 is 0 Å². The Kier molecular flexibility index (Phi) is 3.84. The molecular formula is C11H9FN2O2S. The number of nitrogens with one attached hydrogen (secondary N) is 1. The Hall–Kier alpha value is -1.89. The Labute approximate surface area is 99.1 Å². The van der Waals surface area contributed by atoms with Gasteiger partial charge in [0.25, 0.3) is 0 Å². The SMILES string of the molecule is C#CC(C)NS(=O)(=O)c1ccc(F)c(C#N)c1. The van der Waals surface area contributed by atoms with Crippen LogP contribution in [-0.2, 0) is 10.0 Å². The lowest BCUT2D eigenvalue weighted by molar-refractivity contribution is 0.576. The molecule has 0 saturated heterocycles. The minimum absolute atomic E-state index is 0.197. The summed E-state index contributed by atoms with van der Waals surface area (Å²) >= 11 is 0. The number of sulfonamides is 1. The summed E-state index contributed by atoms with van der Waals surface area (Å²) in [4.78, 5) is -0.197. The van der Waals surface area contributed by atoms with Gasteiger partial charge in [-0.25, -0.2) is 12.8 Å². The van der Waals surface area contributed by atoms with E-state index in [4.69, 9.17) is 11.7 Å². The second-order valence-electron chi connectivity index (χ2n) is 3.26. The molecule has 1 unspecified atom stereocenters. The fraction of sp³-hybridized carbons (Fsp3) is 0.182. The molecule has 0 aliphatic rings. The van der Waals surface area contributed by atoms with Crippen molar-refractivity contribution < 1.29 is 12.8 Å². The van der Waals surface area contributed by atoms with Crippen LogP contribution in [-0.4, -0.2) is 14.5 Å². The zero-order valence-electron chi connectivity index (χ0n) is 8.94. The molecule has 0 heterocycles. The van der Waals surface area contributed by atoms with Crippen LogP contribution < -0.4 is 4.72 Å². The van der Waals surface area contributed by atoms with E-state index in [1.807, 2.05) is 0 Å². The predicted octanol–water partition coefficient (Wildman–Crippen LogP) is 0.997. The lowest BCUT2D eigenvalue weighted by Gasteiger charge is -2.09. The van der Waals surface area contributed by atoms with Gasteiger partial charge in [-0.1, -0.05) is 5.92 Å². The normalized spacial score (nSPS) is 12.5. The molecule has 88 valence electrons. The summed E-state index contributed by atoms with van der Waals surface area (Å²) < 4.78 is 38.7. The van der Waals surface area contributed by atoms with E-state index < -0.39 is 21.9 Å². The van der Waals surface area contributed by atoms with Crippen LogP contribution in [0.15, 0.2) is 23.1 Å². The Morgan fingerprint density at radius 2 is 2.18 bits per heavy atom.